The summed E-state index contributed by atoms with van der Waals surface area (Å²) in [4.78, 5) is 21.5. The fourth-order valence-electron chi connectivity index (χ4n) is 6.31. The molecular weight excluding hydrogens is 534 g/mol. The Labute approximate surface area is 224 Å². The topological polar surface area (TPSA) is 100 Å². The minimum atomic E-state index is -3.56. The van der Waals surface area contributed by atoms with E-state index < -0.39 is 16.2 Å². The van der Waals surface area contributed by atoms with Gasteiger partial charge in [0, 0.05) is 57.6 Å². The fraction of sp³-hybridized carbons (Fsp3) is 0.462. The van der Waals surface area contributed by atoms with Crippen LogP contribution in [0, 0.1) is 0 Å². The lowest BCUT2D eigenvalue weighted by molar-refractivity contribution is 0.0542. The minimum Gasteiger partial charge on any atom is -0.465 e. The number of thiophene rings is 1. The van der Waals surface area contributed by atoms with Gasteiger partial charge in [-0.2, -0.15) is 8.42 Å². The van der Waals surface area contributed by atoms with Gasteiger partial charge in [-0.25, -0.2) is 4.79 Å². The van der Waals surface area contributed by atoms with Crippen LogP contribution in [-0.4, -0.2) is 60.4 Å². The predicted octanol–water partition coefficient (Wildman–Crippen LogP) is 5.52. The fourth-order valence-corrected chi connectivity index (χ4v) is 8.02. The maximum Gasteiger partial charge on any atom is 0.407 e. The highest BCUT2D eigenvalue weighted by atomic mass is 35.5. The van der Waals surface area contributed by atoms with Crippen LogP contribution in [0.25, 0.3) is 21.3 Å². The van der Waals surface area contributed by atoms with Crippen molar-refractivity contribution in [1.29, 1.82) is 0 Å². The molecule has 2 fully saturated rings. The third-order valence-electron chi connectivity index (χ3n) is 7.99. The molecule has 1 saturated carbocycles. The second-order valence-electron chi connectivity index (χ2n) is 10.3. The van der Waals surface area contributed by atoms with Crippen molar-refractivity contribution in [1.82, 2.24) is 9.88 Å². The second-order valence-corrected chi connectivity index (χ2v) is 13.6. The molecule has 1 aliphatic carbocycles. The van der Waals surface area contributed by atoms with E-state index in [1.807, 2.05) is 24.3 Å². The molecular formula is C26H28ClN3O5S2. The molecule has 1 amide bonds. The van der Waals surface area contributed by atoms with E-state index >= 15 is 0 Å². The average molecular weight is 562 g/mol. The monoisotopic (exact) mass is 561 g/mol. The third kappa shape index (κ3) is 4.47. The van der Waals surface area contributed by atoms with Gasteiger partial charge in [0.15, 0.2) is 0 Å². The molecule has 1 atom stereocenters. The van der Waals surface area contributed by atoms with Gasteiger partial charge in [0.25, 0.3) is 10.1 Å². The van der Waals surface area contributed by atoms with Crippen molar-refractivity contribution in [2.75, 3.05) is 24.2 Å². The Kier molecular flexibility index (Phi) is 6.13. The zero-order valence-electron chi connectivity index (χ0n) is 20.4. The summed E-state index contributed by atoms with van der Waals surface area (Å²) in [5.41, 5.74) is 4.83. The van der Waals surface area contributed by atoms with E-state index in [1.165, 1.54) is 16.9 Å². The number of hydrogen-bond donors (Lipinski definition) is 1. The maximum absolute atomic E-state index is 12.1. The maximum atomic E-state index is 12.1. The number of benzene rings is 1. The lowest BCUT2D eigenvalue weighted by atomic mass is 9.74. The number of carboxylic acid groups (broad SMARTS) is 1. The largest absolute Gasteiger partial charge is 0.465 e. The molecule has 0 unspecified atom stereocenters. The number of anilines is 1. The summed E-state index contributed by atoms with van der Waals surface area (Å²) in [7, 11) is -3.56. The van der Waals surface area contributed by atoms with Crippen molar-refractivity contribution in [3.63, 3.8) is 0 Å². The molecule has 0 bridgehead atoms. The molecule has 37 heavy (non-hydrogen) atoms. The van der Waals surface area contributed by atoms with Gasteiger partial charge in [0.2, 0.25) is 0 Å². The number of halogens is 1. The summed E-state index contributed by atoms with van der Waals surface area (Å²) in [5, 5.41) is 10.6. The zero-order chi connectivity index (χ0) is 25.9. The highest BCUT2D eigenvalue weighted by Crippen LogP contribution is 2.50. The van der Waals surface area contributed by atoms with E-state index in [-0.39, 0.29) is 18.2 Å². The molecule has 1 N–H and O–H groups in total. The van der Waals surface area contributed by atoms with E-state index in [0.717, 1.165) is 83.2 Å². The normalized spacial score (nSPS) is 20.9. The molecule has 3 aromatic rings. The Morgan fingerprint density at radius 3 is 2.76 bits per heavy atom. The number of carbonyl (C=O) groups is 1. The highest BCUT2D eigenvalue weighted by Gasteiger charge is 2.53. The van der Waals surface area contributed by atoms with E-state index in [4.69, 9.17) is 15.8 Å². The second kappa shape index (κ2) is 9.11. The van der Waals surface area contributed by atoms with Crippen molar-refractivity contribution in [3.8, 4) is 11.1 Å². The number of aromatic nitrogens is 1. The molecule has 2 aliphatic heterocycles. The molecule has 11 heteroatoms. The number of hydrogen-bond acceptors (Lipinski definition) is 7. The van der Waals surface area contributed by atoms with Gasteiger partial charge >= 0.3 is 6.09 Å². The first-order valence-corrected chi connectivity index (χ1v) is 15.5. The van der Waals surface area contributed by atoms with Crippen LogP contribution in [0.1, 0.15) is 42.5 Å². The number of pyridine rings is 1. The summed E-state index contributed by atoms with van der Waals surface area (Å²) >= 11 is 8.10. The average Bonchev–Trinajstić information content (AvgIpc) is 3.43. The number of aryl methyl sites for hydroxylation is 1. The Bertz CT molecular complexity index is 1500. The zero-order valence-corrected chi connectivity index (χ0v) is 22.8. The van der Waals surface area contributed by atoms with E-state index in [9.17, 15) is 18.3 Å². The van der Waals surface area contributed by atoms with Crippen LogP contribution >= 0.6 is 22.9 Å². The van der Waals surface area contributed by atoms with Crippen molar-refractivity contribution in [2.24, 2.45) is 0 Å². The molecule has 1 saturated heterocycles. The molecule has 196 valence electrons. The van der Waals surface area contributed by atoms with Crippen LogP contribution in [0.3, 0.4) is 0 Å². The van der Waals surface area contributed by atoms with Gasteiger partial charge in [-0.1, -0.05) is 11.6 Å². The standard InChI is InChI=1S/C26H28ClN3O5S2/c1-37(33,34)35-15-19-12-22-24(36-19)20(5-8-28-22)21-11-17(27)10-16-4-2-9-29(23(16)21)18-13-26(6-3-7-26)30(14-18)25(31)32/h5,8,10-12,18H,2-4,6-7,9,13-15H2,1H3,(H,31,32)/t18-/m0/s1. The van der Waals surface area contributed by atoms with Crippen molar-refractivity contribution >= 4 is 55.1 Å². The molecule has 4 heterocycles. The smallest absolute Gasteiger partial charge is 0.407 e. The lowest BCUT2D eigenvalue weighted by Gasteiger charge is -2.44. The molecule has 6 rings (SSSR count). The SMILES string of the molecule is CS(=O)(=O)OCc1cc2nccc(-c3cc(Cl)cc4c3N([C@@H]3CN(C(=O)O)C5(CCC5)C3)CCC4)c2s1. The third-order valence-corrected chi connectivity index (χ3v) is 9.89. The summed E-state index contributed by atoms with van der Waals surface area (Å²) in [6.45, 7) is 1.34. The van der Waals surface area contributed by atoms with Gasteiger partial charge in [-0.3, -0.25) is 9.17 Å². The number of amides is 1. The van der Waals surface area contributed by atoms with Crippen LogP contribution in [0.4, 0.5) is 10.5 Å². The van der Waals surface area contributed by atoms with Crippen molar-refractivity contribution in [2.45, 2.75) is 56.7 Å². The Balaban J connectivity index is 1.43. The Morgan fingerprint density at radius 2 is 2.08 bits per heavy atom. The summed E-state index contributed by atoms with van der Waals surface area (Å²) < 4.78 is 29.0. The summed E-state index contributed by atoms with van der Waals surface area (Å²) in [6, 6.07) is 7.97. The van der Waals surface area contributed by atoms with Gasteiger partial charge in [-0.15, -0.1) is 11.3 Å². The van der Waals surface area contributed by atoms with E-state index in [1.54, 1.807) is 11.1 Å². The summed E-state index contributed by atoms with van der Waals surface area (Å²) in [6.07, 6.45) is 7.66. The van der Waals surface area contributed by atoms with Crippen LogP contribution in [0.5, 0.6) is 0 Å². The van der Waals surface area contributed by atoms with E-state index in [0.29, 0.717) is 11.6 Å². The van der Waals surface area contributed by atoms with Crippen LogP contribution in [-0.2, 0) is 27.3 Å². The van der Waals surface area contributed by atoms with Crippen LogP contribution in [0.15, 0.2) is 30.5 Å². The predicted molar refractivity (Wildman–Crippen MR) is 145 cm³/mol. The first kappa shape index (κ1) is 24.9. The van der Waals surface area contributed by atoms with Crippen molar-refractivity contribution in [3.05, 3.63) is 45.9 Å². The first-order chi connectivity index (χ1) is 17.6. The number of rotatable bonds is 5. The van der Waals surface area contributed by atoms with Gasteiger partial charge in [0.1, 0.15) is 6.61 Å². The van der Waals surface area contributed by atoms with Crippen LogP contribution < -0.4 is 4.90 Å². The summed E-state index contributed by atoms with van der Waals surface area (Å²) in [5.74, 6) is 0. The minimum absolute atomic E-state index is 0.0335. The molecule has 1 aromatic carbocycles. The molecule has 0 radical (unpaired) electrons. The Morgan fingerprint density at radius 1 is 1.27 bits per heavy atom. The first-order valence-electron chi connectivity index (χ1n) is 12.5. The Hall–Kier alpha value is -2.40. The van der Waals surface area contributed by atoms with Gasteiger partial charge in [0.05, 0.1) is 16.5 Å². The lowest BCUT2D eigenvalue weighted by Crippen LogP contribution is -2.51. The highest BCUT2D eigenvalue weighted by molar-refractivity contribution is 7.85. The molecule has 2 aromatic heterocycles. The number of nitrogens with zero attached hydrogens (tertiary/aromatic N) is 3. The quantitative estimate of drug-likeness (QED) is 0.409. The number of fused-ring (bicyclic) bond motifs is 2. The molecule has 8 nitrogen and oxygen atoms in total. The molecule has 3 aliphatic rings. The molecule has 1 spiro atoms. The van der Waals surface area contributed by atoms with E-state index in [2.05, 4.69) is 9.88 Å². The van der Waals surface area contributed by atoms with Crippen molar-refractivity contribution < 1.29 is 22.5 Å². The van der Waals surface area contributed by atoms with Crippen LogP contribution in [0.2, 0.25) is 5.02 Å². The van der Waals surface area contributed by atoms with Gasteiger partial charge < -0.3 is 14.9 Å². The number of likely N-dealkylation sites (tertiary alicyclic amines) is 1. The van der Waals surface area contributed by atoms with Gasteiger partial charge in [-0.05, 0) is 68.4 Å².